The highest BCUT2D eigenvalue weighted by Gasteiger charge is 2.23. The number of rotatable bonds is 6. The zero-order valence-electron chi connectivity index (χ0n) is 12.8. The highest BCUT2D eigenvalue weighted by atomic mass is 32.2. The van der Waals surface area contributed by atoms with Crippen molar-refractivity contribution >= 4 is 10.0 Å². The molecular formula is C14H24N2O3S. The van der Waals surface area contributed by atoms with Gasteiger partial charge in [0.15, 0.2) is 0 Å². The third-order valence-electron chi connectivity index (χ3n) is 3.52. The minimum atomic E-state index is -3.41. The third-order valence-corrected chi connectivity index (χ3v) is 5.33. The summed E-state index contributed by atoms with van der Waals surface area (Å²) in [6.07, 6.45) is 0. The van der Waals surface area contributed by atoms with Crippen LogP contribution in [-0.2, 0) is 16.6 Å². The molecular weight excluding hydrogens is 276 g/mol. The van der Waals surface area contributed by atoms with Gasteiger partial charge in [0.05, 0.1) is 11.5 Å². The van der Waals surface area contributed by atoms with Crippen LogP contribution in [-0.4, -0.2) is 56.0 Å². The summed E-state index contributed by atoms with van der Waals surface area (Å²) >= 11 is 0. The Morgan fingerprint density at radius 2 is 1.80 bits per heavy atom. The number of aliphatic hydroxyl groups excluding tert-OH is 1. The maximum atomic E-state index is 12.1. The maximum Gasteiger partial charge on any atom is 0.242 e. The molecule has 0 spiro atoms. The number of benzene rings is 1. The number of sulfonamides is 1. The predicted molar refractivity (Wildman–Crippen MR) is 79.9 cm³/mol. The van der Waals surface area contributed by atoms with Crippen molar-refractivity contribution in [1.82, 2.24) is 9.21 Å². The van der Waals surface area contributed by atoms with Crippen LogP contribution in [0.15, 0.2) is 29.2 Å². The molecule has 20 heavy (non-hydrogen) atoms. The van der Waals surface area contributed by atoms with Crippen molar-refractivity contribution in [3.63, 3.8) is 0 Å². The molecule has 0 heterocycles. The van der Waals surface area contributed by atoms with Gasteiger partial charge in [-0.2, -0.15) is 0 Å². The number of likely N-dealkylation sites (N-methyl/N-ethyl adjacent to an activating group) is 1. The van der Waals surface area contributed by atoms with Gasteiger partial charge in [0.1, 0.15) is 0 Å². The lowest BCUT2D eigenvalue weighted by atomic mass is 10.0. The molecule has 0 aromatic heterocycles. The summed E-state index contributed by atoms with van der Waals surface area (Å²) < 4.78 is 25.4. The van der Waals surface area contributed by atoms with Gasteiger partial charge < -0.3 is 5.11 Å². The molecule has 1 rings (SSSR count). The van der Waals surface area contributed by atoms with Gasteiger partial charge in [-0.1, -0.05) is 12.1 Å². The Balaban J connectivity index is 3.01. The van der Waals surface area contributed by atoms with E-state index in [1.807, 2.05) is 31.9 Å². The van der Waals surface area contributed by atoms with Crippen LogP contribution in [0, 0.1) is 0 Å². The van der Waals surface area contributed by atoms with Gasteiger partial charge in [0.25, 0.3) is 0 Å². The van der Waals surface area contributed by atoms with Crippen LogP contribution < -0.4 is 0 Å². The van der Waals surface area contributed by atoms with Crippen molar-refractivity contribution in [2.45, 2.75) is 30.8 Å². The second-order valence-corrected chi connectivity index (χ2v) is 7.91. The van der Waals surface area contributed by atoms with Gasteiger partial charge in [-0.15, -0.1) is 0 Å². The van der Waals surface area contributed by atoms with Crippen molar-refractivity contribution in [2.24, 2.45) is 0 Å². The van der Waals surface area contributed by atoms with Gasteiger partial charge >= 0.3 is 0 Å². The SMILES string of the molecule is CN(Cc1cccc(S(=O)(=O)N(C)C)c1)C(C)(C)CO. The maximum absolute atomic E-state index is 12.1. The molecule has 0 radical (unpaired) electrons. The lowest BCUT2D eigenvalue weighted by Gasteiger charge is -2.34. The summed E-state index contributed by atoms with van der Waals surface area (Å²) in [4.78, 5) is 2.28. The van der Waals surface area contributed by atoms with E-state index in [1.165, 1.54) is 18.4 Å². The standard InChI is InChI=1S/C14H24N2O3S/c1-14(2,11-17)16(5)10-12-7-6-8-13(9-12)20(18,19)15(3)4/h6-9,17H,10-11H2,1-5H3. The predicted octanol–water partition coefficient (Wildman–Crippen LogP) is 1.14. The molecule has 6 heteroatoms. The smallest absolute Gasteiger partial charge is 0.242 e. The van der Waals surface area contributed by atoms with Crippen LogP contribution in [0.2, 0.25) is 0 Å². The van der Waals surface area contributed by atoms with E-state index in [9.17, 15) is 13.5 Å². The highest BCUT2D eigenvalue weighted by Crippen LogP contribution is 2.19. The number of hydrogen-bond donors (Lipinski definition) is 1. The second-order valence-electron chi connectivity index (χ2n) is 5.76. The molecule has 114 valence electrons. The van der Waals surface area contributed by atoms with Crippen LogP contribution in [0.4, 0.5) is 0 Å². The number of hydrogen-bond acceptors (Lipinski definition) is 4. The molecule has 0 aliphatic carbocycles. The topological polar surface area (TPSA) is 60.9 Å². The summed E-state index contributed by atoms with van der Waals surface area (Å²) in [6, 6.07) is 6.90. The fourth-order valence-electron chi connectivity index (χ4n) is 1.62. The number of nitrogens with zero attached hydrogens (tertiary/aromatic N) is 2. The Bertz CT molecular complexity index is 553. The normalized spacial score (nSPS) is 13.2. The van der Waals surface area contributed by atoms with Crippen molar-refractivity contribution in [2.75, 3.05) is 27.7 Å². The molecule has 1 N–H and O–H groups in total. The first-order valence-corrected chi connectivity index (χ1v) is 7.89. The van der Waals surface area contributed by atoms with E-state index >= 15 is 0 Å². The van der Waals surface area contributed by atoms with Crippen LogP contribution >= 0.6 is 0 Å². The summed E-state index contributed by atoms with van der Waals surface area (Å²) in [5.74, 6) is 0. The van der Waals surface area contributed by atoms with E-state index in [2.05, 4.69) is 0 Å². The summed E-state index contributed by atoms with van der Waals surface area (Å²) in [5.41, 5.74) is 0.549. The molecule has 0 aliphatic rings. The van der Waals surface area contributed by atoms with Gasteiger partial charge in [-0.25, -0.2) is 12.7 Å². The van der Waals surface area contributed by atoms with Crippen molar-refractivity contribution < 1.29 is 13.5 Å². The molecule has 0 atom stereocenters. The van der Waals surface area contributed by atoms with Gasteiger partial charge in [-0.05, 0) is 38.6 Å². The Morgan fingerprint density at radius 3 is 2.30 bits per heavy atom. The zero-order valence-corrected chi connectivity index (χ0v) is 13.6. The average molecular weight is 300 g/mol. The minimum Gasteiger partial charge on any atom is -0.394 e. The molecule has 0 saturated carbocycles. The van der Waals surface area contributed by atoms with Crippen molar-refractivity contribution in [1.29, 1.82) is 0 Å². The lowest BCUT2D eigenvalue weighted by molar-refractivity contribution is 0.0733. The molecule has 0 aliphatic heterocycles. The van der Waals surface area contributed by atoms with E-state index in [0.29, 0.717) is 6.54 Å². The summed E-state index contributed by atoms with van der Waals surface area (Å²) in [7, 11) is 1.53. The van der Waals surface area contributed by atoms with E-state index in [-0.39, 0.29) is 17.0 Å². The first-order valence-electron chi connectivity index (χ1n) is 6.45. The first kappa shape index (κ1) is 17.1. The van der Waals surface area contributed by atoms with E-state index < -0.39 is 10.0 Å². The first-order chi connectivity index (χ1) is 9.11. The second kappa shape index (κ2) is 6.22. The molecule has 0 fully saturated rings. The quantitative estimate of drug-likeness (QED) is 0.856. The van der Waals surface area contributed by atoms with Crippen LogP contribution in [0.3, 0.4) is 0 Å². The molecule has 0 unspecified atom stereocenters. The largest absolute Gasteiger partial charge is 0.394 e. The van der Waals surface area contributed by atoms with Crippen LogP contribution in [0.1, 0.15) is 19.4 Å². The summed E-state index contributed by atoms with van der Waals surface area (Å²) in [6.45, 7) is 4.49. The highest BCUT2D eigenvalue weighted by molar-refractivity contribution is 7.89. The molecule has 5 nitrogen and oxygen atoms in total. The Morgan fingerprint density at radius 1 is 1.20 bits per heavy atom. The molecule has 0 bridgehead atoms. The lowest BCUT2D eigenvalue weighted by Crippen LogP contribution is -2.43. The van der Waals surface area contributed by atoms with Crippen LogP contribution in [0.25, 0.3) is 0 Å². The Kier molecular flexibility index (Phi) is 5.32. The Hall–Kier alpha value is -0.950. The fourth-order valence-corrected chi connectivity index (χ4v) is 2.60. The van der Waals surface area contributed by atoms with Crippen LogP contribution in [0.5, 0.6) is 0 Å². The zero-order chi connectivity index (χ0) is 15.6. The molecule has 0 saturated heterocycles. The minimum absolute atomic E-state index is 0.0409. The molecule has 1 aromatic rings. The van der Waals surface area contributed by atoms with E-state index in [4.69, 9.17) is 0 Å². The third kappa shape index (κ3) is 3.79. The van der Waals surface area contributed by atoms with E-state index in [1.54, 1.807) is 18.2 Å². The Labute approximate surface area is 121 Å². The van der Waals surface area contributed by atoms with Gasteiger partial charge in [0.2, 0.25) is 10.0 Å². The van der Waals surface area contributed by atoms with E-state index in [0.717, 1.165) is 5.56 Å². The average Bonchev–Trinajstić information content (AvgIpc) is 2.38. The monoisotopic (exact) mass is 300 g/mol. The van der Waals surface area contributed by atoms with Gasteiger partial charge in [-0.3, -0.25) is 4.90 Å². The van der Waals surface area contributed by atoms with Crippen molar-refractivity contribution in [3.05, 3.63) is 29.8 Å². The van der Waals surface area contributed by atoms with Gasteiger partial charge in [0, 0.05) is 26.2 Å². The molecule has 1 aromatic carbocycles. The molecule has 0 amide bonds. The van der Waals surface area contributed by atoms with Crippen molar-refractivity contribution in [3.8, 4) is 0 Å². The summed E-state index contributed by atoms with van der Waals surface area (Å²) in [5, 5.41) is 9.35. The number of aliphatic hydroxyl groups is 1. The fraction of sp³-hybridized carbons (Fsp3) is 0.571.